The van der Waals surface area contributed by atoms with E-state index in [4.69, 9.17) is 4.74 Å². The molecule has 1 N–H and O–H groups in total. The van der Waals surface area contributed by atoms with E-state index in [0.29, 0.717) is 19.0 Å². The van der Waals surface area contributed by atoms with Gasteiger partial charge in [0.1, 0.15) is 11.6 Å². The number of hydrogen-bond acceptors (Lipinski definition) is 5. The smallest absolute Gasteiger partial charge is 0.250 e. The minimum Gasteiger partial charge on any atom is -0.474 e. The average Bonchev–Trinajstić information content (AvgIpc) is 3.25. The summed E-state index contributed by atoms with van der Waals surface area (Å²) in [4.78, 5) is 19.6. The lowest BCUT2D eigenvalue weighted by atomic mass is 9.86. The molecule has 0 radical (unpaired) electrons. The zero-order chi connectivity index (χ0) is 17.8. The highest BCUT2D eigenvalue weighted by Gasteiger charge is 2.45. The van der Waals surface area contributed by atoms with Crippen molar-refractivity contribution in [2.75, 3.05) is 26.2 Å². The van der Waals surface area contributed by atoms with Crippen molar-refractivity contribution >= 4 is 5.91 Å². The van der Waals surface area contributed by atoms with Gasteiger partial charge in [0.05, 0.1) is 0 Å². The lowest BCUT2D eigenvalue weighted by Gasteiger charge is -2.42. The Bertz CT molecular complexity index is 705. The quantitative estimate of drug-likeness (QED) is 0.898. The Kier molecular flexibility index (Phi) is 4.88. The number of carbonyl (C=O) groups is 1. The number of ether oxygens (including phenoxy) is 1. The number of aromatic nitrogens is 3. The molecule has 4 rings (SSSR count). The van der Waals surface area contributed by atoms with Crippen LogP contribution < -0.4 is 10.1 Å². The molecule has 2 aliphatic rings. The van der Waals surface area contributed by atoms with E-state index in [1.54, 1.807) is 12.4 Å². The number of rotatable bonds is 4. The molecule has 2 aliphatic heterocycles. The molecule has 0 bridgehead atoms. The van der Waals surface area contributed by atoms with Crippen molar-refractivity contribution in [2.45, 2.75) is 37.3 Å². The summed E-state index contributed by atoms with van der Waals surface area (Å²) in [5, 5.41) is 7.76. The zero-order valence-electron chi connectivity index (χ0n) is 14.9. The van der Waals surface area contributed by atoms with Crippen LogP contribution in [0.25, 0.3) is 0 Å². The van der Waals surface area contributed by atoms with Gasteiger partial charge in [-0.1, -0.05) is 6.07 Å². The van der Waals surface area contributed by atoms with Gasteiger partial charge in [-0.05, 0) is 38.1 Å². The first-order chi connectivity index (χ1) is 12.8. The summed E-state index contributed by atoms with van der Waals surface area (Å²) >= 11 is 0. The average molecular weight is 355 g/mol. The summed E-state index contributed by atoms with van der Waals surface area (Å²) in [7, 11) is 0. The maximum absolute atomic E-state index is 13.4. The number of pyridine rings is 1. The van der Waals surface area contributed by atoms with Gasteiger partial charge in [-0.15, -0.1) is 0 Å². The first-order valence-electron chi connectivity index (χ1n) is 9.36. The molecule has 7 heteroatoms. The van der Waals surface area contributed by atoms with Gasteiger partial charge in [0.2, 0.25) is 5.88 Å². The van der Waals surface area contributed by atoms with E-state index in [9.17, 15) is 4.79 Å². The Hall–Kier alpha value is -2.41. The molecule has 0 atom stereocenters. The lowest BCUT2D eigenvalue weighted by Crippen LogP contribution is -2.57. The van der Waals surface area contributed by atoms with Crippen LogP contribution in [-0.4, -0.2) is 57.9 Å². The fourth-order valence-corrected chi connectivity index (χ4v) is 3.96. The molecular formula is C19H25N5O2. The molecule has 0 unspecified atom stereocenters. The summed E-state index contributed by atoms with van der Waals surface area (Å²) in [6.07, 6.45) is 8.73. The minimum atomic E-state index is -0.552. The topological polar surface area (TPSA) is 72.3 Å². The van der Waals surface area contributed by atoms with Crippen LogP contribution in [0.1, 0.15) is 25.7 Å². The highest BCUT2D eigenvalue weighted by atomic mass is 16.5. The Balaban J connectivity index is 1.42. The Labute approximate surface area is 153 Å². The Morgan fingerprint density at radius 3 is 2.62 bits per heavy atom. The van der Waals surface area contributed by atoms with Gasteiger partial charge in [0.25, 0.3) is 5.91 Å². The molecule has 2 fully saturated rings. The molecule has 2 aromatic heterocycles. The van der Waals surface area contributed by atoms with Gasteiger partial charge < -0.3 is 15.0 Å². The molecule has 0 saturated carbocycles. The number of carbonyl (C=O) groups excluding carboxylic acids is 1. The largest absolute Gasteiger partial charge is 0.474 e. The normalized spacial score (nSPS) is 20.7. The Morgan fingerprint density at radius 1 is 1.15 bits per heavy atom. The van der Waals surface area contributed by atoms with Crippen LogP contribution in [-0.2, 0) is 10.3 Å². The van der Waals surface area contributed by atoms with Crippen molar-refractivity contribution in [3.05, 3.63) is 42.9 Å². The number of amides is 1. The number of nitrogens with zero attached hydrogens (tertiary/aromatic N) is 4. The summed E-state index contributed by atoms with van der Waals surface area (Å²) in [6, 6.07) is 7.57. The van der Waals surface area contributed by atoms with Gasteiger partial charge >= 0.3 is 0 Å². The monoisotopic (exact) mass is 355 g/mol. The maximum Gasteiger partial charge on any atom is 0.250 e. The van der Waals surface area contributed by atoms with Crippen molar-refractivity contribution < 1.29 is 9.53 Å². The third-order valence-electron chi connectivity index (χ3n) is 5.43. The third-order valence-corrected chi connectivity index (χ3v) is 5.43. The third kappa shape index (κ3) is 3.31. The van der Waals surface area contributed by atoms with Crippen LogP contribution in [0.4, 0.5) is 0 Å². The van der Waals surface area contributed by atoms with Crippen molar-refractivity contribution in [3.63, 3.8) is 0 Å². The predicted octanol–water partition coefficient (Wildman–Crippen LogP) is 1.43. The number of nitrogens with one attached hydrogen (secondary N) is 1. The van der Waals surface area contributed by atoms with Crippen LogP contribution in [0.2, 0.25) is 0 Å². The molecule has 2 aromatic rings. The van der Waals surface area contributed by atoms with E-state index >= 15 is 0 Å². The molecule has 0 aliphatic carbocycles. The van der Waals surface area contributed by atoms with Crippen LogP contribution in [0.15, 0.2) is 42.9 Å². The second kappa shape index (κ2) is 7.45. The predicted molar refractivity (Wildman–Crippen MR) is 96.8 cm³/mol. The van der Waals surface area contributed by atoms with Crippen LogP contribution in [0, 0.1) is 0 Å². The molecule has 138 valence electrons. The van der Waals surface area contributed by atoms with Crippen molar-refractivity contribution in [3.8, 4) is 5.88 Å². The van der Waals surface area contributed by atoms with E-state index in [-0.39, 0.29) is 12.0 Å². The Morgan fingerprint density at radius 2 is 1.96 bits per heavy atom. The van der Waals surface area contributed by atoms with Crippen molar-refractivity contribution in [2.24, 2.45) is 0 Å². The van der Waals surface area contributed by atoms with Crippen LogP contribution in [0.3, 0.4) is 0 Å². The lowest BCUT2D eigenvalue weighted by molar-refractivity contribution is -0.145. The molecule has 4 heterocycles. The molecular weight excluding hydrogens is 330 g/mol. The van der Waals surface area contributed by atoms with E-state index in [1.807, 2.05) is 40.0 Å². The highest BCUT2D eigenvalue weighted by molar-refractivity contribution is 5.84. The van der Waals surface area contributed by atoms with E-state index in [0.717, 1.165) is 38.8 Å². The van der Waals surface area contributed by atoms with Crippen LogP contribution >= 0.6 is 0 Å². The van der Waals surface area contributed by atoms with Gasteiger partial charge in [-0.2, -0.15) is 5.10 Å². The van der Waals surface area contributed by atoms with Gasteiger partial charge in [0.15, 0.2) is 0 Å². The molecule has 0 aromatic carbocycles. The fraction of sp³-hybridized carbons (Fsp3) is 0.526. The van der Waals surface area contributed by atoms with Crippen molar-refractivity contribution in [1.29, 1.82) is 0 Å². The maximum atomic E-state index is 13.4. The molecule has 26 heavy (non-hydrogen) atoms. The second-order valence-electron chi connectivity index (χ2n) is 7.01. The standard InChI is InChI=1S/C19H25N5O2/c25-18(19(7-11-20-12-8-19)24-13-3-10-22-24)23-14-5-16(6-15-23)26-17-4-1-2-9-21-17/h1-4,9-10,13,16,20H,5-8,11-12,14-15H2. The van der Waals surface area contributed by atoms with Crippen molar-refractivity contribution in [1.82, 2.24) is 25.0 Å². The highest BCUT2D eigenvalue weighted by Crippen LogP contribution is 2.31. The molecule has 7 nitrogen and oxygen atoms in total. The van der Waals surface area contributed by atoms with Gasteiger partial charge in [-0.25, -0.2) is 4.98 Å². The number of piperidine rings is 2. The minimum absolute atomic E-state index is 0.114. The first-order valence-corrected chi connectivity index (χ1v) is 9.36. The summed E-state index contributed by atoms with van der Waals surface area (Å²) in [5.74, 6) is 0.850. The van der Waals surface area contributed by atoms with Gasteiger partial charge in [-0.3, -0.25) is 9.48 Å². The molecule has 0 spiro atoms. The summed E-state index contributed by atoms with van der Waals surface area (Å²) in [6.45, 7) is 3.11. The van der Waals surface area contributed by atoms with Crippen LogP contribution in [0.5, 0.6) is 5.88 Å². The zero-order valence-corrected chi connectivity index (χ0v) is 14.9. The SMILES string of the molecule is O=C(N1CCC(Oc2ccccn2)CC1)C1(n2cccn2)CCNCC1. The van der Waals surface area contributed by atoms with E-state index < -0.39 is 5.54 Å². The molecule has 1 amide bonds. The fourth-order valence-electron chi connectivity index (χ4n) is 3.96. The second-order valence-corrected chi connectivity index (χ2v) is 7.01. The summed E-state index contributed by atoms with van der Waals surface area (Å²) < 4.78 is 7.82. The number of likely N-dealkylation sites (tertiary alicyclic amines) is 1. The van der Waals surface area contributed by atoms with Gasteiger partial charge in [0, 0.05) is 50.6 Å². The first kappa shape index (κ1) is 17.0. The molecule has 2 saturated heterocycles. The summed E-state index contributed by atoms with van der Waals surface area (Å²) in [5.41, 5.74) is -0.552. The van der Waals surface area contributed by atoms with E-state index in [2.05, 4.69) is 15.4 Å². The number of hydrogen-bond donors (Lipinski definition) is 1. The van der Waals surface area contributed by atoms with E-state index in [1.165, 1.54) is 0 Å².